The zero-order valence-corrected chi connectivity index (χ0v) is 18.3. The first-order chi connectivity index (χ1) is 13.9. The fraction of sp³-hybridized carbons (Fsp3) is 0.190. The number of carbonyl (C=O) groups is 1. The number of ether oxygens (including phenoxy) is 1. The van der Waals surface area contributed by atoms with E-state index in [-0.39, 0.29) is 5.69 Å². The van der Waals surface area contributed by atoms with Crippen LogP contribution in [0.25, 0.3) is 21.6 Å². The summed E-state index contributed by atoms with van der Waals surface area (Å²) in [6, 6.07) is 11.5. The lowest BCUT2D eigenvalue weighted by atomic mass is 10.1. The first-order valence-electron chi connectivity index (χ1n) is 8.84. The van der Waals surface area contributed by atoms with E-state index >= 15 is 0 Å². The molecule has 0 saturated heterocycles. The molecular weight excluding hydrogens is 429 g/mol. The second kappa shape index (κ2) is 7.78. The maximum atomic E-state index is 12.0. The van der Waals surface area contributed by atoms with E-state index in [9.17, 15) is 4.79 Å². The average molecular weight is 446 g/mol. The molecule has 0 saturated carbocycles. The third-order valence-corrected chi connectivity index (χ3v) is 6.35. The lowest BCUT2D eigenvalue weighted by molar-refractivity contribution is 0.0594. The predicted octanol–water partition coefficient (Wildman–Crippen LogP) is 5.92. The number of aromatic nitrogens is 3. The number of methoxy groups -OCH3 is 1. The fourth-order valence-corrected chi connectivity index (χ4v) is 4.50. The Hall–Kier alpha value is -2.41. The standard InChI is InChI=1S/C21H17Cl2N3O2S/c1-11-8-16(21(27)28-3)25-20-19(11)24-12(2)26(20)10-14-5-4-13(9-15(14)22)17-6-7-18(23)29-17/h4-9H,10H2,1-3H3. The predicted molar refractivity (Wildman–Crippen MR) is 117 cm³/mol. The second-order valence-corrected chi connectivity index (χ2v) is 8.77. The molecule has 0 N–H and O–H groups in total. The Bertz CT molecular complexity index is 1250. The summed E-state index contributed by atoms with van der Waals surface area (Å²) >= 11 is 14.1. The summed E-state index contributed by atoms with van der Waals surface area (Å²) in [4.78, 5) is 22.1. The van der Waals surface area contributed by atoms with Crippen molar-refractivity contribution in [2.75, 3.05) is 7.11 Å². The van der Waals surface area contributed by atoms with Gasteiger partial charge in [0.25, 0.3) is 0 Å². The van der Waals surface area contributed by atoms with Gasteiger partial charge in [-0.1, -0.05) is 35.3 Å². The van der Waals surface area contributed by atoms with Crippen LogP contribution in [0.4, 0.5) is 0 Å². The normalized spacial score (nSPS) is 11.2. The van der Waals surface area contributed by atoms with Crippen LogP contribution in [-0.4, -0.2) is 27.6 Å². The average Bonchev–Trinajstić information content (AvgIpc) is 3.26. The molecule has 5 nitrogen and oxygen atoms in total. The third-order valence-electron chi connectivity index (χ3n) is 4.72. The smallest absolute Gasteiger partial charge is 0.356 e. The number of hydrogen-bond acceptors (Lipinski definition) is 5. The quantitative estimate of drug-likeness (QED) is 0.365. The number of hydrogen-bond donors (Lipinski definition) is 0. The number of aryl methyl sites for hydroxylation is 2. The molecule has 4 rings (SSSR count). The summed E-state index contributed by atoms with van der Waals surface area (Å²) in [5.41, 5.74) is 4.47. The molecule has 3 aromatic heterocycles. The molecule has 0 radical (unpaired) electrons. The van der Waals surface area contributed by atoms with Crippen molar-refractivity contribution in [3.8, 4) is 10.4 Å². The molecule has 3 heterocycles. The number of carbonyl (C=O) groups excluding carboxylic acids is 1. The van der Waals surface area contributed by atoms with Crippen LogP contribution in [0.5, 0.6) is 0 Å². The van der Waals surface area contributed by atoms with Gasteiger partial charge in [0.15, 0.2) is 11.3 Å². The Morgan fingerprint density at radius 2 is 1.93 bits per heavy atom. The first kappa shape index (κ1) is 19.9. The Morgan fingerprint density at radius 1 is 1.14 bits per heavy atom. The topological polar surface area (TPSA) is 57.0 Å². The summed E-state index contributed by atoms with van der Waals surface area (Å²) in [7, 11) is 1.34. The van der Waals surface area contributed by atoms with Gasteiger partial charge in [0.1, 0.15) is 11.3 Å². The van der Waals surface area contributed by atoms with E-state index in [1.807, 2.05) is 48.7 Å². The Kier molecular flexibility index (Phi) is 5.34. The Balaban J connectivity index is 1.75. The fourth-order valence-electron chi connectivity index (χ4n) is 3.22. The number of fused-ring (bicyclic) bond motifs is 1. The van der Waals surface area contributed by atoms with Crippen LogP contribution in [0, 0.1) is 13.8 Å². The van der Waals surface area contributed by atoms with Gasteiger partial charge in [-0.05, 0) is 54.8 Å². The van der Waals surface area contributed by atoms with Crippen molar-refractivity contribution >= 4 is 51.7 Å². The van der Waals surface area contributed by atoms with Crippen molar-refractivity contribution in [2.24, 2.45) is 0 Å². The second-order valence-electron chi connectivity index (χ2n) is 6.64. The van der Waals surface area contributed by atoms with Crippen molar-refractivity contribution in [3.63, 3.8) is 0 Å². The van der Waals surface area contributed by atoms with Crippen molar-refractivity contribution in [2.45, 2.75) is 20.4 Å². The van der Waals surface area contributed by atoms with Crippen molar-refractivity contribution in [1.29, 1.82) is 0 Å². The monoisotopic (exact) mass is 445 g/mol. The molecular formula is C21H17Cl2N3O2S. The molecule has 0 aliphatic heterocycles. The zero-order chi connectivity index (χ0) is 20.7. The summed E-state index contributed by atoms with van der Waals surface area (Å²) in [5.74, 6) is 0.320. The van der Waals surface area contributed by atoms with Crippen molar-refractivity contribution < 1.29 is 9.53 Å². The molecule has 0 aliphatic carbocycles. The molecule has 0 bridgehead atoms. The van der Waals surface area contributed by atoms with Gasteiger partial charge < -0.3 is 9.30 Å². The van der Waals surface area contributed by atoms with Crippen molar-refractivity contribution in [3.05, 3.63) is 68.4 Å². The number of rotatable bonds is 4. The van der Waals surface area contributed by atoms with Gasteiger partial charge in [0.2, 0.25) is 0 Å². The molecule has 0 aliphatic rings. The largest absolute Gasteiger partial charge is 0.464 e. The SMILES string of the molecule is COC(=O)c1cc(C)c2nc(C)n(Cc3ccc(-c4ccc(Cl)s4)cc3Cl)c2n1. The maximum Gasteiger partial charge on any atom is 0.356 e. The number of imidazole rings is 1. The number of benzene rings is 1. The molecule has 0 spiro atoms. The summed E-state index contributed by atoms with van der Waals surface area (Å²) in [5, 5.41) is 0.647. The van der Waals surface area contributed by atoms with E-state index in [0.717, 1.165) is 37.2 Å². The highest BCUT2D eigenvalue weighted by Gasteiger charge is 2.17. The van der Waals surface area contributed by atoms with E-state index in [1.54, 1.807) is 6.07 Å². The van der Waals surface area contributed by atoms with E-state index in [1.165, 1.54) is 18.4 Å². The number of esters is 1. The van der Waals surface area contributed by atoms with Gasteiger partial charge in [-0.15, -0.1) is 11.3 Å². The van der Waals surface area contributed by atoms with Gasteiger partial charge in [-0.25, -0.2) is 14.8 Å². The number of thiophene rings is 1. The molecule has 148 valence electrons. The molecule has 0 unspecified atom stereocenters. The van der Waals surface area contributed by atoms with E-state index < -0.39 is 5.97 Å². The van der Waals surface area contributed by atoms with Gasteiger partial charge >= 0.3 is 5.97 Å². The summed E-state index contributed by atoms with van der Waals surface area (Å²) < 4.78 is 7.52. The van der Waals surface area contributed by atoms with Crippen LogP contribution < -0.4 is 0 Å². The minimum Gasteiger partial charge on any atom is -0.464 e. The van der Waals surface area contributed by atoms with Crippen LogP contribution >= 0.6 is 34.5 Å². The Labute approximate surface area is 181 Å². The number of halogens is 2. The van der Waals surface area contributed by atoms with Crippen LogP contribution in [-0.2, 0) is 11.3 Å². The number of pyridine rings is 1. The third kappa shape index (κ3) is 3.75. The molecule has 0 amide bonds. The molecule has 0 fully saturated rings. The lowest BCUT2D eigenvalue weighted by Crippen LogP contribution is -2.08. The summed E-state index contributed by atoms with van der Waals surface area (Å²) in [6.45, 7) is 4.31. The van der Waals surface area contributed by atoms with Gasteiger partial charge in [0.05, 0.1) is 18.0 Å². The molecule has 8 heteroatoms. The van der Waals surface area contributed by atoms with Crippen LogP contribution in [0.1, 0.15) is 27.4 Å². The number of nitrogens with zero attached hydrogens (tertiary/aromatic N) is 3. The summed E-state index contributed by atoms with van der Waals surface area (Å²) in [6.07, 6.45) is 0. The van der Waals surface area contributed by atoms with E-state index in [4.69, 9.17) is 27.9 Å². The minimum absolute atomic E-state index is 0.259. The molecule has 0 atom stereocenters. The van der Waals surface area contributed by atoms with Gasteiger partial charge in [-0.3, -0.25) is 0 Å². The van der Waals surface area contributed by atoms with E-state index in [0.29, 0.717) is 17.2 Å². The van der Waals surface area contributed by atoms with Gasteiger partial charge in [0, 0.05) is 9.90 Å². The highest BCUT2D eigenvalue weighted by molar-refractivity contribution is 7.19. The molecule has 29 heavy (non-hydrogen) atoms. The molecule has 4 aromatic rings. The maximum absolute atomic E-state index is 12.0. The highest BCUT2D eigenvalue weighted by atomic mass is 35.5. The van der Waals surface area contributed by atoms with Crippen LogP contribution in [0.15, 0.2) is 36.4 Å². The van der Waals surface area contributed by atoms with Crippen LogP contribution in [0.3, 0.4) is 0 Å². The van der Waals surface area contributed by atoms with Crippen molar-refractivity contribution in [1.82, 2.24) is 14.5 Å². The highest BCUT2D eigenvalue weighted by Crippen LogP contribution is 2.33. The lowest BCUT2D eigenvalue weighted by Gasteiger charge is -2.10. The zero-order valence-electron chi connectivity index (χ0n) is 16.0. The van der Waals surface area contributed by atoms with Crippen LogP contribution in [0.2, 0.25) is 9.36 Å². The Morgan fingerprint density at radius 3 is 2.59 bits per heavy atom. The first-order valence-corrected chi connectivity index (χ1v) is 10.4. The van der Waals surface area contributed by atoms with E-state index in [2.05, 4.69) is 9.97 Å². The van der Waals surface area contributed by atoms with Gasteiger partial charge in [-0.2, -0.15) is 0 Å². The minimum atomic E-state index is -0.475. The molecule has 1 aromatic carbocycles.